The van der Waals surface area contributed by atoms with Gasteiger partial charge in [0, 0.05) is 19.1 Å². The highest BCUT2D eigenvalue weighted by molar-refractivity contribution is 7.12. The van der Waals surface area contributed by atoms with E-state index in [1.54, 1.807) is 6.92 Å². The van der Waals surface area contributed by atoms with Crippen LogP contribution < -0.4 is 0 Å². The van der Waals surface area contributed by atoms with Crippen LogP contribution in [0.5, 0.6) is 0 Å². The lowest BCUT2D eigenvalue weighted by Crippen LogP contribution is -2.45. The van der Waals surface area contributed by atoms with Gasteiger partial charge in [0.1, 0.15) is 0 Å². The second-order valence-electron chi connectivity index (χ2n) is 4.67. The molecular formula is C13H17NO4S. The summed E-state index contributed by atoms with van der Waals surface area (Å²) in [5.41, 5.74) is 1.06. The molecule has 1 aromatic heterocycles. The van der Waals surface area contributed by atoms with Crippen LogP contribution in [0.2, 0.25) is 0 Å². The Morgan fingerprint density at radius 1 is 1.58 bits per heavy atom. The molecule has 0 aromatic carbocycles. The number of aliphatic carboxylic acids is 1. The number of Topliss-reactive ketones (excluding diaryl/α,β-unsaturated/α-hetero) is 1. The number of morpholine rings is 1. The average molecular weight is 283 g/mol. The summed E-state index contributed by atoms with van der Waals surface area (Å²) >= 11 is 1.44. The predicted molar refractivity (Wildman–Crippen MR) is 71.6 cm³/mol. The van der Waals surface area contributed by atoms with E-state index in [4.69, 9.17) is 9.84 Å². The molecule has 1 aliphatic rings. The van der Waals surface area contributed by atoms with Gasteiger partial charge in [0.25, 0.3) is 0 Å². The number of ketones is 1. The van der Waals surface area contributed by atoms with Crippen LogP contribution in [0.1, 0.15) is 28.6 Å². The summed E-state index contributed by atoms with van der Waals surface area (Å²) in [7, 11) is 0. The third-order valence-corrected chi connectivity index (χ3v) is 4.23. The molecule has 0 spiro atoms. The monoisotopic (exact) mass is 283 g/mol. The second-order valence-corrected chi connectivity index (χ2v) is 5.58. The summed E-state index contributed by atoms with van der Waals surface area (Å²) < 4.78 is 5.34. The van der Waals surface area contributed by atoms with Crippen LogP contribution in [0, 0.1) is 0 Å². The molecule has 2 heterocycles. The van der Waals surface area contributed by atoms with Crippen LogP contribution in [0.15, 0.2) is 11.4 Å². The first-order chi connectivity index (χ1) is 9.06. The maximum Gasteiger partial charge on any atom is 0.305 e. The molecule has 2 rings (SSSR count). The molecule has 6 heteroatoms. The molecule has 0 radical (unpaired) electrons. The van der Waals surface area contributed by atoms with Gasteiger partial charge in [-0.25, -0.2) is 0 Å². The molecule has 1 saturated heterocycles. The number of carboxylic acid groups (broad SMARTS) is 1. The van der Waals surface area contributed by atoms with E-state index in [0.29, 0.717) is 19.8 Å². The highest BCUT2D eigenvalue weighted by Gasteiger charge is 2.25. The van der Waals surface area contributed by atoms with Crippen molar-refractivity contribution in [2.24, 2.45) is 0 Å². The highest BCUT2D eigenvalue weighted by atomic mass is 32.1. The van der Waals surface area contributed by atoms with Crippen LogP contribution in [-0.2, 0) is 16.1 Å². The lowest BCUT2D eigenvalue weighted by atomic mass is 10.1. The van der Waals surface area contributed by atoms with Crippen molar-refractivity contribution in [1.82, 2.24) is 4.90 Å². The zero-order valence-corrected chi connectivity index (χ0v) is 11.6. The van der Waals surface area contributed by atoms with Gasteiger partial charge in [0.2, 0.25) is 0 Å². The van der Waals surface area contributed by atoms with Gasteiger partial charge in [-0.3, -0.25) is 14.5 Å². The molecule has 0 saturated carbocycles. The third-order valence-electron chi connectivity index (χ3n) is 3.15. The zero-order chi connectivity index (χ0) is 13.8. The Bertz CT molecular complexity index is 471. The summed E-state index contributed by atoms with van der Waals surface area (Å²) in [4.78, 5) is 25.0. The van der Waals surface area contributed by atoms with E-state index in [0.717, 1.165) is 17.0 Å². The molecule has 0 aliphatic carbocycles. The number of carbonyl (C=O) groups excluding carboxylic acids is 1. The Balaban J connectivity index is 2.01. The molecule has 0 amide bonds. The summed E-state index contributed by atoms with van der Waals surface area (Å²) in [6.45, 7) is 4.03. The van der Waals surface area contributed by atoms with E-state index in [2.05, 4.69) is 4.90 Å². The van der Waals surface area contributed by atoms with Crippen LogP contribution in [0.25, 0.3) is 0 Å². The van der Waals surface area contributed by atoms with Gasteiger partial charge in [-0.2, -0.15) is 0 Å². The molecule has 0 unspecified atom stereocenters. The number of thiophene rings is 1. The summed E-state index contributed by atoms with van der Waals surface area (Å²) in [6.07, 6.45) is 0.0870. The molecule has 1 N–H and O–H groups in total. The average Bonchev–Trinajstić information content (AvgIpc) is 2.80. The van der Waals surface area contributed by atoms with E-state index in [-0.39, 0.29) is 18.2 Å². The Kier molecular flexibility index (Phi) is 4.68. The first-order valence-electron chi connectivity index (χ1n) is 6.18. The molecule has 1 aromatic rings. The number of carboxylic acids is 1. The minimum atomic E-state index is -0.810. The standard InChI is InChI=1S/C13H17NO4S/c1-9(15)12-4-10(8-19-12)6-14-2-3-18-7-11(14)5-13(16)17/h4,8,11H,2-3,5-7H2,1H3,(H,16,17)/t11-/m1/s1. The molecular weight excluding hydrogens is 266 g/mol. The quantitative estimate of drug-likeness (QED) is 0.832. The van der Waals surface area contributed by atoms with Crippen LogP contribution in [0.4, 0.5) is 0 Å². The lowest BCUT2D eigenvalue weighted by Gasteiger charge is -2.34. The smallest absolute Gasteiger partial charge is 0.305 e. The Morgan fingerprint density at radius 2 is 2.37 bits per heavy atom. The normalized spacial score (nSPS) is 20.4. The fraction of sp³-hybridized carbons (Fsp3) is 0.538. The Morgan fingerprint density at radius 3 is 3.00 bits per heavy atom. The van der Waals surface area contributed by atoms with Crippen molar-refractivity contribution >= 4 is 23.1 Å². The highest BCUT2D eigenvalue weighted by Crippen LogP contribution is 2.20. The van der Waals surface area contributed by atoms with E-state index in [1.165, 1.54) is 11.3 Å². The van der Waals surface area contributed by atoms with Crippen molar-refractivity contribution in [2.45, 2.75) is 25.9 Å². The molecule has 19 heavy (non-hydrogen) atoms. The molecule has 104 valence electrons. The molecule has 1 atom stereocenters. The summed E-state index contributed by atoms with van der Waals surface area (Å²) in [5.74, 6) is -0.740. The van der Waals surface area contributed by atoms with Gasteiger partial charge in [-0.05, 0) is 23.9 Å². The minimum Gasteiger partial charge on any atom is -0.481 e. The zero-order valence-electron chi connectivity index (χ0n) is 10.8. The van der Waals surface area contributed by atoms with Crippen LogP contribution >= 0.6 is 11.3 Å². The second kappa shape index (κ2) is 6.27. The number of rotatable bonds is 5. The summed E-state index contributed by atoms with van der Waals surface area (Å²) in [6, 6.07) is 1.80. The molecule has 1 fully saturated rings. The van der Waals surface area contributed by atoms with Crippen LogP contribution in [-0.4, -0.2) is 47.6 Å². The Labute approximate surface area is 115 Å². The first kappa shape index (κ1) is 14.2. The number of nitrogens with zero attached hydrogens (tertiary/aromatic N) is 1. The predicted octanol–water partition coefficient (Wildman–Crippen LogP) is 1.63. The van der Waals surface area contributed by atoms with Crippen molar-refractivity contribution in [3.63, 3.8) is 0 Å². The lowest BCUT2D eigenvalue weighted by molar-refractivity contribution is -0.140. The first-order valence-corrected chi connectivity index (χ1v) is 7.06. The van der Waals surface area contributed by atoms with Gasteiger partial charge < -0.3 is 9.84 Å². The number of carbonyl (C=O) groups is 2. The maximum absolute atomic E-state index is 11.3. The number of ether oxygens (including phenoxy) is 1. The van der Waals surface area contributed by atoms with E-state index in [1.807, 2.05) is 11.4 Å². The molecule has 0 bridgehead atoms. The topological polar surface area (TPSA) is 66.8 Å². The minimum absolute atomic E-state index is 0.0697. The summed E-state index contributed by atoms with van der Waals surface area (Å²) in [5, 5.41) is 10.9. The number of hydrogen-bond donors (Lipinski definition) is 1. The van der Waals surface area contributed by atoms with Gasteiger partial charge >= 0.3 is 5.97 Å². The largest absolute Gasteiger partial charge is 0.481 e. The Hall–Kier alpha value is -1.24. The van der Waals surface area contributed by atoms with Crippen molar-refractivity contribution in [3.05, 3.63) is 21.9 Å². The van der Waals surface area contributed by atoms with Crippen LogP contribution in [0.3, 0.4) is 0 Å². The molecule has 1 aliphatic heterocycles. The van der Waals surface area contributed by atoms with Crippen molar-refractivity contribution in [2.75, 3.05) is 19.8 Å². The fourth-order valence-corrected chi connectivity index (χ4v) is 2.97. The third kappa shape index (κ3) is 3.86. The van der Waals surface area contributed by atoms with Gasteiger partial charge in [-0.1, -0.05) is 0 Å². The van der Waals surface area contributed by atoms with Gasteiger partial charge in [-0.15, -0.1) is 11.3 Å². The maximum atomic E-state index is 11.3. The fourth-order valence-electron chi connectivity index (χ4n) is 2.16. The SMILES string of the molecule is CC(=O)c1cc(CN2CCOC[C@H]2CC(=O)O)cs1. The number of hydrogen-bond acceptors (Lipinski definition) is 5. The van der Waals surface area contributed by atoms with Crippen molar-refractivity contribution < 1.29 is 19.4 Å². The molecule has 5 nitrogen and oxygen atoms in total. The van der Waals surface area contributed by atoms with E-state index >= 15 is 0 Å². The van der Waals surface area contributed by atoms with Gasteiger partial charge in [0.15, 0.2) is 5.78 Å². The van der Waals surface area contributed by atoms with E-state index in [9.17, 15) is 9.59 Å². The van der Waals surface area contributed by atoms with Gasteiger partial charge in [0.05, 0.1) is 24.5 Å². The van der Waals surface area contributed by atoms with Crippen molar-refractivity contribution in [3.8, 4) is 0 Å². The van der Waals surface area contributed by atoms with Crippen molar-refractivity contribution in [1.29, 1.82) is 0 Å². The van der Waals surface area contributed by atoms with E-state index < -0.39 is 5.97 Å².